The first-order valence-corrected chi connectivity index (χ1v) is 10.3. The average molecular weight is 448 g/mol. The molecule has 3 aromatic rings. The fourth-order valence-electron chi connectivity index (χ4n) is 2.44. The smallest absolute Gasteiger partial charge is 0.311 e. The highest BCUT2D eigenvalue weighted by Crippen LogP contribution is 2.21. The fourth-order valence-corrected chi connectivity index (χ4v) is 3.22. The number of ether oxygens (including phenoxy) is 2. The van der Waals surface area contributed by atoms with Gasteiger partial charge in [-0.2, -0.15) is 5.10 Å². The second-order valence-corrected chi connectivity index (χ2v) is 7.39. The molecule has 9 heteroatoms. The number of esters is 1. The summed E-state index contributed by atoms with van der Waals surface area (Å²) in [6.07, 6.45) is 1.62. The molecule has 0 spiro atoms. The summed E-state index contributed by atoms with van der Waals surface area (Å²) in [6, 6.07) is 11.4. The minimum absolute atomic E-state index is 0.108. The lowest BCUT2D eigenvalue weighted by molar-refractivity contribution is -0.142. The molecule has 0 radical (unpaired) electrons. The summed E-state index contributed by atoms with van der Waals surface area (Å²) in [5, 5.41) is 7.05. The molecule has 0 fully saturated rings. The van der Waals surface area contributed by atoms with Crippen LogP contribution in [-0.2, 0) is 22.6 Å². The van der Waals surface area contributed by atoms with Gasteiger partial charge in [0.1, 0.15) is 18.2 Å². The second kappa shape index (κ2) is 10.7. The van der Waals surface area contributed by atoms with Crippen LogP contribution in [0.25, 0.3) is 0 Å². The maximum atomic E-state index is 13.7. The Balaban J connectivity index is 1.62. The first-order chi connectivity index (χ1) is 14.5. The van der Waals surface area contributed by atoms with Crippen molar-refractivity contribution in [1.29, 1.82) is 0 Å². The number of nitrogens with zero attached hydrogens (tertiary/aromatic N) is 2. The highest BCUT2D eigenvalue weighted by molar-refractivity contribution is 7.13. The Kier molecular flexibility index (Phi) is 7.75. The van der Waals surface area contributed by atoms with Crippen LogP contribution in [0.15, 0.2) is 52.9 Å². The monoisotopic (exact) mass is 447 g/mol. The van der Waals surface area contributed by atoms with Crippen LogP contribution < -0.4 is 10.2 Å². The van der Waals surface area contributed by atoms with Gasteiger partial charge in [-0.1, -0.05) is 23.7 Å². The minimum Gasteiger partial charge on any atom is -0.488 e. The molecule has 6 nitrogen and oxygen atoms in total. The Bertz CT molecular complexity index is 1020. The summed E-state index contributed by atoms with van der Waals surface area (Å²) in [4.78, 5) is 15.8. The molecule has 0 atom stereocenters. The number of halogens is 2. The predicted octanol–water partition coefficient (Wildman–Crippen LogP) is 5.07. The molecule has 0 aliphatic heterocycles. The van der Waals surface area contributed by atoms with Gasteiger partial charge in [-0.3, -0.25) is 10.2 Å². The lowest BCUT2D eigenvalue weighted by Gasteiger charge is -2.09. The van der Waals surface area contributed by atoms with Crippen molar-refractivity contribution in [2.45, 2.75) is 20.0 Å². The molecule has 3 rings (SSSR count). The molecule has 0 saturated carbocycles. The summed E-state index contributed by atoms with van der Waals surface area (Å²) < 4.78 is 24.3. The molecule has 30 heavy (non-hydrogen) atoms. The molecule has 2 aromatic carbocycles. The van der Waals surface area contributed by atoms with Gasteiger partial charge in [-0.25, -0.2) is 9.37 Å². The molecule has 0 bridgehead atoms. The third-order valence-corrected chi connectivity index (χ3v) is 4.88. The van der Waals surface area contributed by atoms with Crippen LogP contribution in [0.3, 0.4) is 0 Å². The van der Waals surface area contributed by atoms with Crippen molar-refractivity contribution in [3.8, 4) is 5.75 Å². The van der Waals surface area contributed by atoms with E-state index < -0.39 is 5.82 Å². The number of hydrogen-bond donors (Lipinski definition) is 1. The Morgan fingerprint density at radius 1 is 1.30 bits per heavy atom. The zero-order valence-corrected chi connectivity index (χ0v) is 17.7. The van der Waals surface area contributed by atoms with Crippen molar-refractivity contribution < 1.29 is 18.7 Å². The van der Waals surface area contributed by atoms with Gasteiger partial charge in [-0.15, -0.1) is 11.3 Å². The Morgan fingerprint density at radius 3 is 2.87 bits per heavy atom. The van der Waals surface area contributed by atoms with Crippen LogP contribution in [0, 0.1) is 5.82 Å². The fraction of sp³-hybridized carbons (Fsp3) is 0.190. The summed E-state index contributed by atoms with van der Waals surface area (Å²) in [5.74, 6) is -0.376. The van der Waals surface area contributed by atoms with Crippen LogP contribution >= 0.6 is 22.9 Å². The zero-order chi connectivity index (χ0) is 21.3. The molecular formula is C21H19ClFN3O3S. The van der Waals surface area contributed by atoms with Crippen LogP contribution in [0.4, 0.5) is 9.52 Å². The van der Waals surface area contributed by atoms with E-state index in [9.17, 15) is 9.18 Å². The Labute approximate surface area is 182 Å². The summed E-state index contributed by atoms with van der Waals surface area (Å²) in [6.45, 7) is 2.35. The largest absolute Gasteiger partial charge is 0.488 e. The molecule has 156 valence electrons. The van der Waals surface area contributed by atoms with E-state index in [1.54, 1.807) is 30.5 Å². The van der Waals surface area contributed by atoms with E-state index >= 15 is 0 Å². The van der Waals surface area contributed by atoms with E-state index in [-0.39, 0.29) is 19.0 Å². The number of hydrazone groups is 1. The molecule has 0 aliphatic carbocycles. The van der Waals surface area contributed by atoms with Gasteiger partial charge >= 0.3 is 5.97 Å². The number of benzene rings is 2. The van der Waals surface area contributed by atoms with Crippen molar-refractivity contribution in [3.05, 3.63) is 75.5 Å². The molecular weight excluding hydrogens is 429 g/mol. The van der Waals surface area contributed by atoms with Crippen LogP contribution in [-0.4, -0.2) is 23.8 Å². The maximum Gasteiger partial charge on any atom is 0.311 e. The Hall–Kier alpha value is -2.97. The SMILES string of the molecule is CCOC(=O)Cc1csc(NN=Cc2ccc(F)cc2OCc2ccc(Cl)cc2)n1. The molecule has 0 amide bonds. The number of carbonyl (C=O) groups is 1. The molecule has 0 unspecified atom stereocenters. The number of nitrogens with one attached hydrogen (secondary N) is 1. The number of thiazole rings is 1. The number of aromatic nitrogens is 1. The highest BCUT2D eigenvalue weighted by atomic mass is 35.5. The van der Waals surface area contributed by atoms with Gasteiger partial charge in [-0.05, 0) is 36.8 Å². The summed E-state index contributed by atoms with van der Waals surface area (Å²) >= 11 is 7.20. The first kappa shape index (κ1) is 21.7. The number of anilines is 1. The van der Waals surface area contributed by atoms with Crippen LogP contribution in [0.5, 0.6) is 5.75 Å². The van der Waals surface area contributed by atoms with Gasteiger partial charge in [0, 0.05) is 22.0 Å². The normalized spacial score (nSPS) is 10.9. The summed E-state index contributed by atoms with van der Waals surface area (Å²) in [7, 11) is 0. The van der Waals surface area contributed by atoms with Crippen molar-refractivity contribution in [1.82, 2.24) is 4.98 Å². The standard InChI is InChI=1S/C21H19ClFN3O3S/c1-2-28-20(27)10-18-13-30-21(25-18)26-24-11-15-5-8-17(23)9-19(15)29-12-14-3-6-16(22)7-4-14/h3-9,11,13H,2,10,12H2,1H3,(H,25,26). The van der Waals surface area contributed by atoms with Crippen molar-refractivity contribution >= 4 is 40.3 Å². The minimum atomic E-state index is -0.408. The number of rotatable bonds is 9. The van der Waals surface area contributed by atoms with Crippen molar-refractivity contribution in [3.63, 3.8) is 0 Å². The van der Waals surface area contributed by atoms with Crippen LogP contribution in [0.1, 0.15) is 23.7 Å². The lowest BCUT2D eigenvalue weighted by Crippen LogP contribution is -2.07. The third kappa shape index (κ3) is 6.53. The van der Waals surface area contributed by atoms with Gasteiger partial charge < -0.3 is 9.47 Å². The topological polar surface area (TPSA) is 72.8 Å². The second-order valence-electron chi connectivity index (χ2n) is 6.09. The van der Waals surface area contributed by atoms with E-state index in [2.05, 4.69) is 15.5 Å². The van der Waals surface area contributed by atoms with Gasteiger partial charge in [0.15, 0.2) is 0 Å². The molecule has 1 N–H and O–H groups in total. The maximum absolute atomic E-state index is 13.7. The van der Waals surface area contributed by atoms with Gasteiger partial charge in [0.25, 0.3) is 0 Å². The van der Waals surface area contributed by atoms with Gasteiger partial charge in [0.2, 0.25) is 5.13 Å². The van der Waals surface area contributed by atoms with E-state index in [1.807, 2.05) is 12.1 Å². The first-order valence-electron chi connectivity index (χ1n) is 9.09. The predicted molar refractivity (Wildman–Crippen MR) is 116 cm³/mol. The van der Waals surface area contributed by atoms with Crippen LogP contribution in [0.2, 0.25) is 5.02 Å². The number of hydrogen-bond acceptors (Lipinski definition) is 7. The molecule has 1 heterocycles. The molecule has 0 aliphatic rings. The van der Waals surface area contributed by atoms with E-state index in [0.717, 1.165) is 5.56 Å². The van der Waals surface area contributed by atoms with Gasteiger partial charge in [0.05, 0.1) is 24.9 Å². The third-order valence-electron chi connectivity index (χ3n) is 3.83. The lowest BCUT2D eigenvalue weighted by atomic mass is 10.2. The Morgan fingerprint density at radius 2 is 2.10 bits per heavy atom. The number of carbonyl (C=O) groups excluding carboxylic acids is 1. The van der Waals surface area contributed by atoms with E-state index in [1.165, 1.54) is 29.7 Å². The van der Waals surface area contributed by atoms with Crippen molar-refractivity contribution in [2.24, 2.45) is 5.10 Å². The molecule has 0 saturated heterocycles. The zero-order valence-electron chi connectivity index (χ0n) is 16.1. The highest BCUT2D eigenvalue weighted by Gasteiger charge is 2.08. The van der Waals surface area contributed by atoms with E-state index in [0.29, 0.717) is 33.8 Å². The molecule has 1 aromatic heterocycles. The quantitative estimate of drug-likeness (QED) is 0.282. The summed E-state index contributed by atoms with van der Waals surface area (Å²) in [5.41, 5.74) is 4.91. The average Bonchev–Trinajstić information content (AvgIpc) is 3.16. The van der Waals surface area contributed by atoms with Crippen molar-refractivity contribution in [2.75, 3.05) is 12.0 Å². The van der Waals surface area contributed by atoms with E-state index in [4.69, 9.17) is 21.1 Å².